The Labute approximate surface area is 130 Å². The van der Waals surface area contributed by atoms with Crippen molar-refractivity contribution >= 4 is 11.9 Å². The summed E-state index contributed by atoms with van der Waals surface area (Å²) in [6.45, 7) is -0.0135. The van der Waals surface area contributed by atoms with Crippen LogP contribution in [-0.4, -0.2) is 41.1 Å². The van der Waals surface area contributed by atoms with Crippen molar-refractivity contribution in [2.75, 3.05) is 7.05 Å². The van der Waals surface area contributed by atoms with E-state index in [4.69, 9.17) is 9.84 Å². The van der Waals surface area contributed by atoms with Crippen molar-refractivity contribution in [1.29, 1.82) is 0 Å². The fraction of sp³-hybridized carbons (Fsp3) is 0.467. The zero-order valence-electron chi connectivity index (χ0n) is 12.3. The maximum absolute atomic E-state index is 12.7. The molecule has 126 valence electrons. The summed E-state index contributed by atoms with van der Waals surface area (Å²) in [7, 11) is 1.44. The first-order valence-corrected chi connectivity index (χ1v) is 6.98. The summed E-state index contributed by atoms with van der Waals surface area (Å²) < 4.78 is 43.2. The van der Waals surface area contributed by atoms with Crippen molar-refractivity contribution < 1.29 is 32.6 Å². The molecule has 1 heterocycles. The van der Waals surface area contributed by atoms with Gasteiger partial charge in [-0.05, 0) is 30.5 Å². The summed E-state index contributed by atoms with van der Waals surface area (Å²) >= 11 is 0. The molecule has 1 aromatic carbocycles. The molecule has 1 fully saturated rings. The second-order valence-electron chi connectivity index (χ2n) is 5.42. The number of aliphatic carboxylic acids is 1. The number of hydrogen-bond acceptors (Lipinski definition) is 3. The zero-order valence-corrected chi connectivity index (χ0v) is 12.3. The highest BCUT2D eigenvalue weighted by Gasteiger charge is 2.36. The van der Waals surface area contributed by atoms with Gasteiger partial charge in [-0.25, -0.2) is 4.79 Å². The molecule has 0 aliphatic carbocycles. The molecule has 1 amide bonds. The molecule has 8 heteroatoms. The SMILES string of the molecule is CN(Cc1cccc(C(F)(F)F)c1)C(=O)[C@@H]1CC[C@H](C(=O)O)O1. The lowest BCUT2D eigenvalue weighted by Gasteiger charge is -2.21. The number of carbonyl (C=O) groups is 2. The number of carboxylic acid groups (broad SMARTS) is 1. The Hall–Kier alpha value is -2.09. The van der Waals surface area contributed by atoms with Crippen LogP contribution in [0.5, 0.6) is 0 Å². The second-order valence-corrected chi connectivity index (χ2v) is 5.42. The molecule has 0 aromatic heterocycles. The van der Waals surface area contributed by atoms with Gasteiger partial charge in [0.05, 0.1) is 5.56 Å². The largest absolute Gasteiger partial charge is 0.479 e. The van der Waals surface area contributed by atoms with Gasteiger partial charge in [-0.3, -0.25) is 4.79 Å². The van der Waals surface area contributed by atoms with Crippen molar-refractivity contribution in [3.63, 3.8) is 0 Å². The molecule has 5 nitrogen and oxygen atoms in total. The topological polar surface area (TPSA) is 66.8 Å². The number of hydrogen-bond donors (Lipinski definition) is 1. The van der Waals surface area contributed by atoms with E-state index in [0.29, 0.717) is 5.56 Å². The molecule has 1 aliphatic heterocycles. The van der Waals surface area contributed by atoms with Crippen LogP contribution in [-0.2, 0) is 27.0 Å². The normalized spacial score (nSPS) is 21.2. The van der Waals surface area contributed by atoms with Crippen molar-refractivity contribution in [2.45, 2.75) is 37.8 Å². The molecule has 2 atom stereocenters. The van der Waals surface area contributed by atoms with E-state index < -0.39 is 35.8 Å². The molecule has 2 rings (SSSR count). The number of amides is 1. The van der Waals surface area contributed by atoms with Gasteiger partial charge >= 0.3 is 12.1 Å². The Bertz CT molecular complexity index is 603. The third-order valence-corrected chi connectivity index (χ3v) is 3.62. The van der Waals surface area contributed by atoms with E-state index in [1.54, 1.807) is 0 Å². The van der Waals surface area contributed by atoms with E-state index in [2.05, 4.69) is 0 Å². The average Bonchev–Trinajstić information content (AvgIpc) is 2.95. The first-order chi connectivity index (χ1) is 10.7. The minimum atomic E-state index is -4.44. The molecule has 0 saturated carbocycles. The van der Waals surface area contributed by atoms with Gasteiger partial charge in [0, 0.05) is 13.6 Å². The minimum absolute atomic E-state index is 0.0135. The molecule has 1 aromatic rings. The predicted molar refractivity (Wildman–Crippen MR) is 73.4 cm³/mol. The van der Waals surface area contributed by atoms with Crippen LogP contribution in [0.25, 0.3) is 0 Å². The summed E-state index contributed by atoms with van der Waals surface area (Å²) in [5.41, 5.74) is -0.442. The van der Waals surface area contributed by atoms with Crippen molar-refractivity contribution in [2.24, 2.45) is 0 Å². The number of ether oxygens (including phenoxy) is 1. The Morgan fingerprint density at radius 3 is 2.52 bits per heavy atom. The number of likely N-dealkylation sites (N-methyl/N-ethyl adjacent to an activating group) is 1. The van der Waals surface area contributed by atoms with Gasteiger partial charge in [0.2, 0.25) is 0 Å². The third-order valence-electron chi connectivity index (χ3n) is 3.62. The van der Waals surface area contributed by atoms with Crippen LogP contribution in [0.4, 0.5) is 13.2 Å². The molecule has 0 unspecified atom stereocenters. The van der Waals surface area contributed by atoms with Crippen LogP contribution in [0, 0.1) is 0 Å². The lowest BCUT2D eigenvalue weighted by Crippen LogP contribution is -2.36. The highest BCUT2D eigenvalue weighted by molar-refractivity contribution is 5.82. The van der Waals surface area contributed by atoms with Crippen molar-refractivity contribution in [3.05, 3.63) is 35.4 Å². The van der Waals surface area contributed by atoms with Crippen LogP contribution in [0.3, 0.4) is 0 Å². The standard InChI is InChI=1S/C15H16F3NO4/c1-19(13(20)11-5-6-12(23-11)14(21)22)8-9-3-2-4-10(7-9)15(16,17)18/h2-4,7,11-12H,5-6,8H2,1H3,(H,21,22)/t11-,12+/m0/s1. The van der Waals surface area contributed by atoms with Crippen LogP contribution in [0.2, 0.25) is 0 Å². The van der Waals surface area contributed by atoms with E-state index >= 15 is 0 Å². The van der Waals surface area contributed by atoms with Gasteiger partial charge in [0.15, 0.2) is 6.10 Å². The first kappa shape index (κ1) is 17.3. The fourth-order valence-electron chi connectivity index (χ4n) is 2.44. The Kier molecular flexibility index (Phi) is 4.93. The Balaban J connectivity index is 2.00. The maximum Gasteiger partial charge on any atom is 0.416 e. The molecule has 1 saturated heterocycles. The van der Waals surface area contributed by atoms with Gasteiger partial charge in [-0.1, -0.05) is 12.1 Å². The first-order valence-electron chi connectivity index (χ1n) is 6.98. The third kappa shape index (κ3) is 4.22. The van der Waals surface area contributed by atoms with Crippen molar-refractivity contribution in [1.82, 2.24) is 4.90 Å². The molecular formula is C15H16F3NO4. The van der Waals surface area contributed by atoms with E-state index in [0.717, 1.165) is 12.1 Å². The average molecular weight is 331 g/mol. The van der Waals surface area contributed by atoms with Gasteiger partial charge in [-0.15, -0.1) is 0 Å². The molecule has 0 bridgehead atoms. The van der Waals surface area contributed by atoms with Crippen molar-refractivity contribution in [3.8, 4) is 0 Å². The quantitative estimate of drug-likeness (QED) is 0.919. The highest BCUT2D eigenvalue weighted by atomic mass is 19.4. The number of nitrogens with zero attached hydrogens (tertiary/aromatic N) is 1. The lowest BCUT2D eigenvalue weighted by molar-refractivity contribution is -0.154. The molecular weight excluding hydrogens is 315 g/mol. The lowest BCUT2D eigenvalue weighted by atomic mass is 10.1. The molecule has 0 spiro atoms. The van der Waals surface area contributed by atoms with Gasteiger partial charge in [0.1, 0.15) is 6.10 Å². The number of alkyl halides is 3. The van der Waals surface area contributed by atoms with Crippen LogP contribution < -0.4 is 0 Å². The molecule has 1 aliphatic rings. The smallest absolute Gasteiger partial charge is 0.416 e. The summed E-state index contributed by atoms with van der Waals surface area (Å²) in [6.07, 6.45) is -5.80. The fourth-order valence-corrected chi connectivity index (χ4v) is 2.44. The minimum Gasteiger partial charge on any atom is -0.479 e. The Morgan fingerprint density at radius 2 is 1.96 bits per heavy atom. The van der Waals surface area contributed by atoms with Gasteiger partial charge in [-0.2, -0.15) is 13.2 Å². The molecule has 23 heavy (non-hydrogen) atoms. The van der Waals surface area contributed by atoms with E-state index in [9.17, 15) is 22.8 Å². The molecule has 1 N–H and O–H groups in total. The van der Waals surface area contributed by atoms with Crippen LogP contribution in [0.15, 0.2) is 24.3 Å². The predicted octanol–water partition coefficient (Wildman–Crippen LogP) is 2.30. The zero-order chi connectivity index (χ0) is 17.2. The van der Waals surface area contributed by atoms with Gasteiger partial charge in [0.25, 0.3) is 5.91 Å². The number of carboxylic acids is 1. The summed E-state index contributed by atoms with van der Waals surface area (Å²) in [5, 5.41) is 8.84. The maximum atomic E-state index is 12.7. The monoisotopic (exact) mass is 331 g/mol. The number of halogens is 3. The van der Waals surface area contributed by atoms with Crippen LogP contribution >= 0.6 is 0 Å². The number of carbonyl (C=O) groups excluding carboxylic acids is 1. The molecule has 0 radical (unpaired) electrons. The van der Waals surface area contributed by atoms with E-state index in [-0.39, 0.29) is 19.4 Å². The number of rotatable bonds is 4. The van der Waals surface area contributed by atoms with Crippen LogP contribution in [0.1, 0.15) is 24.0 Å². The summed E-state index contributed by atoms with van der Waals surface area (Å²) in [5.74, 6) is -1.56. The Morgan fingerprint density at radius 1 is 1.30 bits per heavy atom. The summed E-state index contributed by atoms with van der Waals surface area (Å²) in [4.78, 5) is 24.2. The summed E-state index contributed by atoms with van der Waals surface area (Å²) in [6, 6.07) is 4.72. The highest BCUT2D eigenvalue weighted by Crippen LogP contribution is 2.30. The van der Waals surface area contributed by atoms with E-state index in [1.165, 1.54) is 24.1 Å². The van der Waals surface area contributed by atoms with E-state index in [1.807, 2.05) is 0 Å². The number of benzene rings is 1. The second kappa shape index (κ2) is 6.57. The van der Waals surface area contributed by atoms with Gasteiger partial charge < -0.3 is 14.7 Å².